The molecule has 25 heavy (non-hydrogen) atoms. The smallest absolute Gasteiger partial charge is 0.317 e. The Morgan fingerprint density at radius 1 is 1.16 bits per heavy atom. The fourth-order valence-electron chi connectivity index (χ4n) is 2.90. The number of ether oxygens (including phenoxy) is 2. The highest BCUT2D eigenvalue weighted by Crippen LogP contribution is 2.32. The Hall–Kier alpha value is -2.15. The van der Waals surface area contributed by atoms with E-state index in [1.165, 1.54) is 0 Å². The number of piperazine rings is 1. The zero-order chi connectivity index (χ0) is 18.2. The van der Waals surface area contributed by atoms with Crippen molar-refractivity contribution in [1.29, 1.82) is 0 Å². The van der Waals surface area contributed by atoms with Crippen LogP contribution in [0.2, 0.25) is 0 Å². The quantitative estimate of drug-likeness (QED) is 0.755. The highest BCUT2D eigenvalue weighted by Gasteiger charge is 2.23. The van der Waals surface area contributed by atoms with Crippen LogP contribution in [-0.4, -0.2) is 83.4 Å². The fraction of sp³-hybridized carbons (Fsp3) is 0.611. The molecule has 0 bridgehead atoms. The van der Waals surface area contributed by atoms with Crippen molar-refractivity contribution < 1.29 is 14.3 Å². The SMILES string of the molecule is COc1ccc(OC)c(N2CCN(C(=O)NCCCN(C)C)CC2)c1. The van der Waals surface area contributed by atoms with E-state index in [0.29, 0.717) is 19.6 Å². The van der Waals surface area contributed by atoms with Crippen LogP contribution in [0.3, 0.4) is 0 Å². The molecule has 0 aromatic heterocycles. The van der Waals surface area contributed by atoms with Crippen molar-refractivity contribution >= 4 is 11.7 Å². The van der Waals surface area contributed by atoms with Gasteiger partial charge in [-0.2, -0.15) is 0 Å². The molecule has 0 atom stereocenters. The minimum Gasteiger partial charge on any atom is -0.497 e. The molecule has 0 aliphatic carbocycles. The van der Waals surface area contributed by atoms with Crippen LogP contribution >= 0.6 is 0 Å². The molecule has 1 fully saturated rings. The molecule has 0 radical (unpaired) electrons. The lowest BCUT2D eigenvalue weighted by Crippen LogP contribution is -2.52. The number of carbonyl (C=O) groups is 1. The van der Waals surface area contributed by atoms with Crippen molar-refractivity contribution in [2.75, 3.05) is 72.5 Å². The number of carbonyl (C=O) groups excluding carboxylic acids is 1. The van der Waals surface area contributed by atoms with Gasteiger partial charge in [0, 0.05) is 38.8 Å². The standard InChI is InChI=1S/C18H30N4O3/c1-20(2)9-5-8-19-18(23)22-12-10-21(11-13-22)16-14-15(24-3)6-7-17(16)25-4/h6-7,14H,5,8-13H2,1-4H3,(H,19,23). The van der Waals surface area contributed by atoms with E-state index in [1.54, 1.807) is 14.2 Å². The van der Waals surface area contributed by atoms with E-state index in [-0.39, 0.29) is 6.03 Å². The highest BCUT2D eigenvalue weighted by molar-refractivity contribution is 5.74. The van der Waals surface area contributed by atoms with Gasteiger partial charge in [0.05, 0.1) is 19.9 Å². The van der Waals surface area contributed by atoms with E-state index in [1.807, 2.05) is 37.2 Å². The number of benzene rings is 1. The second-order valence-corrected chi connectivity index (χ2v) is 6.40. The van der Waals surface area contributed by atoms with Gasteiger partial charge in [-0.15, -0.1) is 0 Å². The zero-order valence-corrected chi connectivity index (χ0v) is 15.7. The summed E-state index contributed by atoms with van der Waals surface area (Å²) in [5.74, 6) is 1.62. The van der Waals surface area contributed by atoms with Crippen molar-refractivity contribution in [2.45, 2.75) is 6.42 Å². The zero-order valence-electron chi connectivity index (χ0n) is 15.7. The molecule has 1 aliphatic rings. The first-order valence-electron chi connectivity index (χ1n) is 8.69. The Morgan fingerprint density at radius 2 is 1.88 bits per heavy atom. The third-order valence-electron chi connectivity index (χ3n) is 4.35. The third kappa shape index (κ3) is 5.42. The number of amides is 2. The number of anilines is 1. The van der Waals surface area contributed by atoms with Gasteiger partial charge in [-0.05, 0) is 39.2 Å². The Balaban J connectivity index is 1.86. The summed E-state index contributed by atoms with van der Waals surface area (Å²) in [6.07, 6.45) is 0.958. The molecule has 0 unspecified atom stereocenters. The largest absolute Gasteiger partial charge is 0.497 e. The monoisotopic (exact) mass is 350 g/mol. The Kier molecular flexibility index (Phi) is 7.18. The number of nitrogens with one attached hydrogen (secondary N) is 1. The Labute approximate surface area is 150 Å². The first-order chi connectivity index (χ1) is 12.0. The number of rotatable bonds is 7. The van der Waals surface area contributed by atoms with E-state index in [4.69, 9.17) is 9.47 Å². The van der Waals surface area contributed by atoms with Gasteiger partial charge in [-0.1, -0.05) is 0 Å². The molecular weight excluding hydrogens is 320 g/mol. The summed E-state index contributed by atoms with van der Waals surface area (Å²) < 4.78 is 10.8. The Morgan fingerprint density at radius 3 is 2.48 bits per heavy atom. The van der Waals surface area contributed by atoms with Crippen molar-refractivity contribution in [1.82, 2.24) is 15.1 Å². The van der Waals surface area contributed by atoms with E-state index in [2.05, 4.69) is 15.1 Å². The van der Waals surface area contributed by atoms with Gasteiger partial charge in [0.2, 0.25) is 0 Å². The maximum absolute atomic E-state index is 12.2. The molecule has 1 saturated heterocycles. The second kappa shape index (κ2) is 9.36. The number of methoxy groups -OCH3 is 2. The number of hydrogen-bond donors (Lipinski definition) is 1. The van der Waals surface area contributed by atoms with E-state index in [9.17, 15) is 4.79 Å². The van der Waals surface area contributed by atoms with Crippen LogP contribution in [-0.2, 0) is 0 Å². The van der Waals surface area contributed by atoms with Gasteiger partial charge in [0.1, 0.15) is 11.5 Å². The lowest BCUT2D eigenvalue weighted by molar-refractivity contribution is 0.193. The molecule has 140 valence electrons. The van der Waals surface area contributed by atoms with Gasteiger partial charge in [-0.3, -0.25) is 0 Å². The summed E-state index contributed by atoms with van der Waals surface area (Å²) in [6.45, 7) is 4.62. The summed E-state index contributed by atoms with van der Waals surface area (Å²) in [5.41, 5.74) is 1.01. The van der Waals surface area contributed by atoms with Crippen LogP contribution in [0.4, 0.5) is 10.5 Å². The molecule has 1 aromatic rings. The van der Waals surface area contributed by atoms with Gasteiger partial charge in [-0.25, -0.2) is 4.79 Å². The van der Waals surface area contributed by atoms with Crippen molar-refractivity contribution in [3.05, 3.63) is 18.2 Å². The summed E-state index contributed by atoms with van der Waals surface area (Å²) in [6, 6.07) is 5.81. The minimum atomic E-state index is 0.0241. The molecule has 7 heteroatoms. The van der Waals surface area contributed by atoms with E-state index in [0.717, 1.165) is 43.2 Å². The lowest BCUT2D eigenvalue weighted by atomic mass is 10.2. The molecule has 1 aromatic carbocycles. The number of urea groups is 1. The summed E-state index contributed by atoms with van der Waals surface area (Å²) >= 11 is 0. The van der Waals surface area contributed by atoms with Gasteiger partial charge in [0.15, 0.2) is 0 Å². The summed E-state index contributed by atoms with van der Waals surface area (Å²) in [7, 11) is 7.40. The van der Waals surface area contributed by atoms with Gasteiger partial charge < -0.3 is 29.5 Å². The predicted molar refractivity (Wildman–Crippen MR) is 99.9 cm³/mol. The summed E-state index contributed by atoms with van der Waals surface area (Å²) in [4.78, 5) is 18.5. The van der Waals surface area contributed by atoms with Crippen molar-refractivity contribution in [3.8, 4) is 11.5 Å². The Bertz CT molecular complexity index is 557. The topological polar surface area (TPSA) is 57.3 Å². The first-order valence-corrected chi connectivity index (χ1v) is 8.69. The lowest BCUT2D eigenvalue weighted by Gasteiger charge is -2.36. The van der Waals surface area contributed by atoms with Crippen LogP contribution in [0.1, 0.15) is 6.42 Å². The maximum Gasteiger partial charge on any atom is 0.317 e. The predicted octanol–water partition coefficient (Wildman–Crippen LogP) is 1.49. The molecular formula is C18H30N4O3. The molecule has 1 N–H and O–H groups in total. The van der Waals surface area contributed by atoms with Crippen LogP contribution in [0, 0.1) is 0 Å². The highest BCUT2D eigenvalue weighted by atomic mass is 16.5. The molecule has 2 rings (SSSR count). The van der Waals surface area contributed by atoms with Crippen molar-refractivity contribution in [3.63, 3.8) is 0 Å². The maximum atomic E-state index is 12.2. The molecule has 7 nitrogen and oxygen atoms in total. The van der Waals surface area contributed by atoms with Crippen LogP contribution in [0.25, 0.3) is 0 Å². The van der Waals surface area contributed by atoms with Crippen LogP contribution in [0.5, 0.6) is 11.5 Å². The van der Waals surface area contributed by atoms with Gasteiger partial charge in [0.25, 0.3) is 0 Å². The minimum absolute atomic E-state index is 0.0241. The van der Waals surface area contributed by atoms with E-state index >= 15 is 0 Å². The molecule has 0 saturated carbocycles. The average Bonchev–Trinajstić information content (AvgIpc) is 2.64. The van der Waals surface area contributed by atoms with Gasteiger partial charge >= 0.3 is 6.03 Å². The molecule has 1 aliphatic heterocycles. The average molecular weight is 350 g/mol. The summed E-state index contributed by atoms with van der Waals surface area (Å²) in [5, 5.41) is 3.00. The molecule has 2 amide bonds. The third-order valence-corrected chi connectivity index (χ3v) is 4.35. The van der Waals surface area contributed by atoms with Crippen LogP contribution in [0.15, 0.2) is 18.2 Å². The second-order valence-electron chi connectivity index (χ2n) is 6.40. The number of hydrogen-bond acceptors (Lipinski definition) is 5. The normalized spacial score (nSPS) is 14.6. The van der Waals surface area contributed by atoms with Crippen LogP contribution < -0.4 is 19.7 Å². The fourth-order valence-corrected chi connectivity index (χ4v) is 2.90. The first kappa shape index (κ1) is 19.2. The number of nitrogens with zero attached hydrogens (tertiary/aromatic N) is 3. The molecule has 0 spiro atoms. The molecule has 1 heterocycles. The van der Waals surface area contributed by atoms with Crippen molar-refractivity contribution in [2.24, 2.45) is 0 Å². The van der Waals surface area contributed by atoms with E-state index < -0.39 is 0 Å².